The first-order valence-electron chi connectivity index (χ1n) is 11.6. The van der Waals surface area contributed by atoms with Gasteiger partial charge in [-0.1, -0.05) is 12.1 Å². The molecule has 11 heteroatoms. The first-order chi connectivity index (χ1) is 17.3. The number of carbonyl (C=O) groups excluding carboxylic acids is 2. The predicted molar refractivity (Wildman–Crippen MR) is 126 cm³/mol. The van der Waals surface area contributed by atoms with Crippen LogP contribution in [0.4, 0.5) is 5.69 Å². The van der Waals surface area contributed by atoms with Crippen LogP contribution in [-0.2, 0) is 35.9 Å². The van der Waals surface area contributed by atoms with Gasteiger partial charge in [0, 0.05) is 18.2 Å². The van der Waals surface area contributed by atoms with E-state index >= 15 is 0 Å². The van der Waals surface area contributed by atoms with Crippen LogP contribution in [0.25, 0.3) is 0 Å². The normalized spacial score (nSPS) is 22.8. The Bertz CT molecular complexity index is 1180. The van der Waals surface area contributed by atoms with Crippen molar-refractivity contribution < 1.29 is 38.2 Å². The molecule has 0 aromatic heterocycles. The fourth-order valence-corrected chi connectivity index (χ4v) is 5.04. The second-order valence-corrected chi connectivity index (χ2v) is 8.21. The Morgan fingerprint density at radius 3 is 2.31 bits per heavy atom. The highest BCUT2D eigenvalue weighted by molar-refractivity contribution is 5.87. The van der Waals surface area contributed by atoms with E-state index in [9.17, 15) is 19.7 Å². The minimum atomic E-state index is -1.68. The molecule has 0 amide bonds. The molecule has 0 radical (unpaired) electrons. The molecule has 36 heavy (non-hydrogen) atoms. The smallest absolute Gasteiger partial charge is 0.337 e. The minimum absolute atomic E-state index is 0.169. The van der Waals surface area contributed by atoms with Crippen molar-refractivity contribution >= 4 is 17.6 Å². The Morgan fingerprint density at radius 2 is 1.69 bits per heavy atom. The zero-order valence-electron chi connectivity index (χ0n) is 20.5. The zero-order chi connectivity index (χ0) is 26.0. The standard InChI is InChI=1S/C25H28N2O9/c1-5-34-19-13-15-11-12-26-21(23(28)32-3)22(24(29)33-4)36-25(26,17(15)14-20(19)35-6-2)16-9-7-8-10-18(16)27(30)31/h7-10,13-14,21-22H,5-6,11-12H2,1-4H3/t21-,22-,25-/m1/s1. The van der Waals surface area contributed by atoms with Crippen molar-refractivity contribution in [2.45, 2.75) is 38.1 Å². The summed E-state index contributed by atoms with van der Waals surface area (Å²) >= 11 is 0. The Labute approximate surface area is 208 Å². The Hall–Kier alpha value is -3.70. The number of hydrogen-bond acceptors (Lipinski definition) is 10. The number of benzene rings is 2. The molecule has 11 nitrogen and oxygen atoms in total. The second-order valence-electron chi connectivity index (χ2n) is 8.21. The lowest BCUT2D eigenvalue weighted by Crippen LogP contribution is -2.54. The number of nitro benzene ring substituents is 1. The topological polar surface area (TPSA) is 127 Å². The third kappa shape index (κ3) is 3.94. The van der Waals surface area contributed by atoms with Crippen LogP contribution in [0.3, 0.4) is 0 Å². The van der Waals surface area contributed by atoms with Crippen LogP contribution < -0.4 is 9.47 Å². The molecule has 4 rings (SSSR count). The Morgan fingerprint density at radius 1 is 1.06 bits per heavy atom. The molecule has 2 aliphatic rings. The van der Waals surface area contributed by atoms with Gasteiger partial charge in [0.1, 0.15) is 6.04 Å². The molecule has 0 aliphatic carbocycles. The van der Waals surface area contributed by atoms with Gasteiger partial charge in [-0.25, -0.2) is 4.79 Å². The van der Waals surface area contributed by atoms with Crippen molar-refractivity contribution in [2.75, 3.05) is 34.0 Å². The summed E-state index contributed by atoms with van der Waals surface area (Å²) in [6, 6.07) is 8.43. The molecule has 2 aromatic rings. The third-order valence-corrected chi connectivity index (χ3v) is 6.42. The van der Waals surface area contributed by atoms with Crippen molar-refractivity contribution in [2.24, 2.45) is 0 Å². The SMILES string of the molecule is CCOc1cc2c(cc1OCC)[C@@]1(c3ccccc3[N+](=O)[O-])O[C@@H](C(=O)OC)[C@H](C(=O)OC)N1CC2. The van der Waals surface area contributed by atoms with Gasteiger partial charge in [0.25, 0.3) is 5.69 Å². The van der Waals surface area contributed by atoms with Gasteiger partial charge in [0.2, 0.25) is 0 Å². The van der Waals surface area contributed by atoms with Gasteiger partial charge in [-0.2, -0.15) is 0 Å². The van der Waals surface area contributed by atoms with E-state index in [0.29, 0.717) is 36.7 Å². The van der Waals surface area contributed by atoms with Crippen LogP contribution in [0.15, 0.2) is 36.4 Å². The molecular weight excluding hydrogens is 472 g/mol. The van der Waals surface area contributed by atoms with Crippen molar-refractivity contribution in [3.63, 3.8) is 0 Å². The van der Waals surface area contributed by atoms with E-state index in [1.165, 1.54) is 20.3 Å². The monoisotopic (exact) mass is 500 g/mol. The van der Waals surface area contributed by atoms with Crippen LogP contribution >= 0.6 is 0 Å². The molecule has 2 heterocycles. The second kappa shape index (κ2) is 10.1. The lowest BCUT2D eigenvalue weighted by atomic mass is 9.83. The van der Waals surface area contributed by atoms with Gasteiger partial charge in [-0.3, -0.25) is 19.8 Å². The molecule has 2 aromatic carbocycles. The van der Waals surface area contributed by atoms with E-state index < -0.39 is 34.7 Å². The number of ether oxygens (including phenoxy) is 5. The first kappa shape index (κ1) is 25.4. The van der Waals surface area contributed by atoms with Crippen molar-refractivity contribution in [3.05, 3.63) is 63.2 Å². The maximum atomic E-state index is 13.0. The summed E-state index contributed by atoms with van der Waals surface area (Å²) in [5.74, 6) is -0.575. The molecular formula is C25H28N2O9. The predicted octanol–water partition coefficient (Wildman–Crippen LogP) is 2.56. The fraction of sp³-hybridized carbons (Fsp3) is 0.440. The number of fused-ring (bicyclic) bond motifs is 3. The molecule has 192 valence electrons. The quantitative estimate of drug-likeness (QED) is 0.303. The van der Waals surface area contributed by atoms with Crippen LogP contribution in [0, 0.1) is 10.1 Å². The summed E-state index contributed by atoms with van der Waals surface area (Å²) in [5.41, 5.74) is -0.439. The van der Waals surface area contributed by atoms with Gasteiger partial charge in [-0.15, -0.1) is 0 Å². The molecule has 0 spiro atoms. The van der Waals surface area contributed by atoms with E-state index in [1.54, 1.807) is 29.2 Å². The zero-order valence-corrected chi connectivity index (χ0v) is 20.5. The number of hydrogen-bond donors (Lipinski definition) is 0. The van der Waals surface area contributed by atoms with E-state index in [1.807, 2.05) is 19.9 Å². The van der Waals surface area contributed by atoms with Gasteiger partial charge in [-0.05, 0) is 44.0 Å². The summed E-state index contributed by atoms with van der Waals surface area (Å²) < 4.78 is 28.0. The number of nitro groups is 1. The Kier molecular flexibility index (Phi) is 7.14. The number of rotatable bonds is 8. The minimum Gasteiger partial charge on any atom is -0.490 e. The van der Waals surface area contributed by atoms with Gasteiger partial charge in [0.15, 0.2) is 23.3 Å². The molecule has 1 saturated heterocycles. The molecule has 0 N–H and O–H groups in total. The molecule has 1 fully saturated rings. The van der Waals surface area contributed by atoms with Gasteiger partial charge >= 0.3 is 11.9 Å². The Balaban J connectivity index is 2.06. The van der Waals surface area contributed by atoms with E-state index in [2.05, 4.69) is 0 Å². The maximum Gasteiger partial charge on any atom is 0.337 e. The van der Waals surface area contributed by atoms with Crippen LogP contribution in [-0.4, -0.2) is 67.9 Å². The molecule has 0 saturated carbocycles. The van der Waals surface area contributed by atoms with Crippen LogP contribution in [0.1, 0.15) is 30.5 Å². The summed E-state index contributed by atoms with van der Waals surface area (Å²) in [5, 5.41) is 12.1. The summed E-state index contributed by atoms with van der Waals surface area (Å²) in [4.78, 5) is 39.1. The summed E-state index contributed by atoms with van der Waals surface area (Å²) in [6.45, 7) is 4.68. The maximum absolute atomic E-state index is 13.0. The number of carbonyl (C=O) groups is 2. The van der Waals surface area contributed by atoms with Gasteiger partial charge < -0.3 is 23.7 Å². The number of nitrogens with zero attached hydrogens (tertiary/aromatic N) is 2. The van der Waals surface area contributed by atoms with E-state index in [0.717, 1.165) is 5.56 Å². The highest BCUT2D eigenvalue weighted by Crippen LogP contribution is 2.53. The van der Waals surface area contributed by atoms with Crippen molar-refractivity contribution in [1.82, 2.24) is 4.90 Å². The third-order valence-electron chi connectivity index (χ3n) is 6.42. The average Bonchev–Trinajstić information content (AvgIpc) is 3.25. The van der Waals surface area contributed by atoms with Gasteiger partial charge in [0.05, 0.1) is 37.9 Å². The fourth-order valence-electron chi connectivity index (χ4n) is 5.04. The van der Waals surface area contributed by atoms with Crippen molar-refractivity contribution in [1.29, 1.82) is 0 Å². The largest absolute Gasteiger partial charge is 0.490 e. The van der Waals surface area contributed by atoms with Crippen LogP contribution in [0.2, 0.25) is 0 Å². The molecule has 3 atom stereocenters. The molecule has 2 aliphatic heterocycles. The van der Waals surface area contributed by atoms with E-state index in [-0.39, 0.29) is 17.8 Å². The highest BCUT2D eigenvalue weighted by Gasteiger charge is 2.64. The average molecular weight is 501 g/mol. The first-order valence-corrected chi connectivity index (χ1v) is 11.6. The number of esters is 2. The van der Waals surface area contributed by atoms with Crippen molar-refractivity contribution in [3.8, 4) is 11.5 Å². The number of methoxy groups -OCH3 is 2. The lowest BCUT2D eigenvalue weighted by Gasteiger charge is -2.43. The van der Waals surface area contributed by atoms with Crippen LogP contribution in [0.5, 0.6) is 11.5 Å². The molecule has 0 unspecified atom stereocenters. The highest BCUT2D eigenvalue weighted by atomic mass is 16.6. The lowest BCUT2D eigenvalue weighted by molar-refractivity contribution is -0.387. The summed E-state index contributed by atoms with van der Waals surface area (Å²) in [7, 11) is 2.39. The van der Waals surface area contributed by atoms with E-state index in [4.69, 9.17) is 23.7 Å². The molecule has 0 bridgehead atoms. The number of para-hydroxylation sites is 1. The summed E-state index contributed by atoms with van der Waals surface area (Å²) in [6.07, 6.45) is -0.940.